The van der Waals surface area contributed by atoms with Gasteiger partial charge in [0.1, 0.15) is 11.5 Å². The maximum absolute atomic E-state index is 7.11. The minimum Gasteiger partial charge on any atom is -0.455 e. The average molecular weight is 714 g/mol. The van der Waals surface area contributed by atoms with E-state index in [1.807, 2.05) is 0 Å². The van der Waals surface area contributed by atoms with Gasteiger partial charge in [-0.25, -0.2) is 0 Å². The number of anilines is 3. The van der Waals surface area contributed by atoms with E-state index in [0.29, 0.717) is 0 Å². The van der Waals surface area contributed by atoms with Crippen molar-refractivity contribution in [3.8, 4) is 56.0 Å². The van der Waals surface area contributed by atoms with Crippen molar-refractivity contribution in [3.63, 3.8) is 0 Å². The van der Waals surface area contributed by atoms with Crippen LogP contribution >= 0.6 is 0 Å². The second-order valence-corrected chi connectivity index (χ2v) is 14.5. The third-order valence-electron chi connectivity index (χ3n) is 11.2. The van der Waals surface area contributed by atoms with Crippen LogP contribution in [-0.4, -0.2) is 0 Å². The SMILES string of the molecule is c1ccc(-c2ccc(N(c3ccc4c(c3)-c3cccc(-c5ccccc5)c3-c3ccc5ccccc5c3O4)c3cc4ccccc4c4ccccc34)cc2)cc1. The Hall–Kier alpha value is -7.42. The first-order valence-electron chi connectivity index (χ1n) is 19.2. The average Bonchev–Trinajstić information content (AvgIpc) is 3.42. The lowest BCUT2D eigenvalue weighted by Gasteiger charge is -2.28. The van der Waals surface area contributed by atoms with E-state index >= 15 is 0 Å². The zero-order valence-corrected chi connectivity index (χ0v) is 30.6. The van der Waals surface area contributed by atoms with Crippen LogP contribution in [0.3, 0.4) is 0 Å². The molecule has 56 heavy (non-hydrogen) atoms. The molecule has 10 aromatic carbocycles. The van der Waals surface area contributed by atoms with Crippen molar-refractivity contribution in [1.82, 2.24) is 0 Å². The Morgan fingerprint density at radius 1 is 0.321 bits per heavy atom. The van der Waals surface area contributed by atoms with Crippen molar-refractivity contribution < 1.29 is 4.74 Å². The molecule has 1 aliphatic heterocycles. The van der Waals surface area contributed by atoms with E-state index in [0.717, 1.165) is 56.0 Å². The predicted octanol–water partition coefficient (Wildman–Crippen LogP) is 15.4. The zero-order valence-electron chi connectivity index (χ0n) is 30.6. The molecule has 1 heterocycles. The van der Waals surface area contributed by atoms with Gasteiger partial charge in [0, 0.05) is 38.8 Å². The van der Waals surface area contributed by atoms with Crippen molar-refractivity contribution >= 4 is 49.4 Å². The molecule has 0 atom stereocenters. The summed E-state index contributed by atoms with van der Waals surface area (Å²) in [7, 11) is 0. The summed E-state index contributed by atoms with van der Waals surface area (Å²) in [5.41, 5.74) is 12.4. The fourth-order valence-corrected chi connectivity index (χ4v) is 8.62. The third kappa shape index (κ3) is 5.26. The van der Waals surface area contributed by atoms with E-state index in [9.17, 15) is 0 Å². The van der Waals surface area contributed by atoms with E-state index in [-0.39, 0.29) is 0 Å². The number of nitrogens with zero attached hydrogens (tertiary/aromatic N) is 1. The van der Waals surface area contributed by atoms with E-state index in [2.05, 4.69) is 217 Å². The summed E-state index contributed by atoms with van der Waals surface area (Å²) in [6.07, 6.45) is 0. The summed E-state index contributed by atoms with van der Waals surface area (Å²) >= 11 is 0. The molecule has 0 radical (unpaired) electrons. The Bertz CT molecular complexity index is 3100. The Morgan fingerprint density at radius 3 is 1.71 bits per heavy atom. The number of fused-ring (bicyclic) bond motifs is 10. The standard InChI is InChI=1S/C54H35NO/c1-3-14-36(15-4-1)37-26-29-41(30-27-37)55(51-34-40-19-8-9-20-43(40)46-22-11-12-23-47(46)51)42-31-33-52-50(35-42)48-25-13-24-44(38-16-5-2-6-17-38)53(48)49-32-28-39-18-7-10-21-45(39)54(49)56-52/h1-35H. The second-order valence-electron chi connectivity index (χ2n) is 14.5. The first-order valence-corrected chi connectivity index (χ1v) is 19.2. The highest BCUT2D eigenvalue weighted by atomic mass is 16.5. The Morgan fingerprint density at radius 2 is 0.929 bits per heavy atom. The number of benzene rings is 10. The minimum absolute atomic E-state index is 0.832. The van der Waals surface area contributed by atoms with E-state index in [1.54, 1.807) is 0 Å². The van der Waals surface area contributed by atoms with Crippen LogP contribution in [0.5, 0.6) is 11.5 Å². The third-order valence-corrected chi connectivity index (χ3v) is 11.2. The molecule has 0 aliphatic carbocycles. The molecule has 0 N–H and O–H groups in total. The van der Waals surface area contributed by atoms with Crippen LogP contribution in [0.1, 0.15) is 0 Å². The fraction of sp³-hybridized carbons (Fsp3) is 0. The van der Waals surface area contributed by atoms with Crippen LogP contribution < -0.4 is 9.64 Å². The Balaban J connectivity index is 1.18. The molecule has 11 rings (SSSR count). The van der Waals surface area contributed by atoms with E-state index in [1.165, 1.54) is 49.4 Å². The van der Waals surface area contributed by atoms with Gasteiger partial charge in [-0.15, -0.1) is 0 Å². The molecule has 10 aromatic rings. The monoisotopic (exact) mass is 713 g/mol. The van der Waals surface area contributed by atoms with Gasteiger partial charge in [0.05, 0.1) is 5.69 Å². The van der Waals surface area contributed by atoms with Gasteiger partial charge >= 0.3 is 0 Å². The lowest BCUT2D eigenvalue weighted by atomic mass is 9.86. The highest BCUT2D eigenvalue weighted by Gasteiger charge is 2.27. The van der Waals surface area contributed by atoms with E-state index < -0.39 is 0 Å². The van der Waals surface area contributed by atoms with Gasteiger partial charge in [-0.1, -0.05) is 170 Å². The van der Waals surface area contributed by atoms with Crippen molar-refractivity contribution in [2.24, 2.45) is 0 Å². The van der Waals surface area contributed by atoms with Crippen molar-refractivity contribution in [1.29, 1.82) is 0 Å². The predicted molar refractivity (Wildman–Crippen MR) is 235 cm³/mol. The molecular formula is C54H35NO. The quantitative estimate of drug-likeness (QED) is 0.165. The molecule has 0 saturated carbocycles. The van der Waals surface area contributed by atoms with Crippen molar-refractivity contribution in [2.75, 3.05) is 4.90 Å². The van der Waals surface area contributed by atoms with E-state index in [4.69, 9.17) is 4.74 Å². The molecule has 2 heteroatoms. The summed E-state index contributed by atoms with van der Waals surface area (Å²) in [4.78, 5) is 2.41. The normalized spacial score (nSPS) is 11.7. The Kier molecular flexibility index (Phi) is 7.53. The maximum atomic E-state index is 7.11. The van der Waals surface area contributed by atoms with Crippen LogP contribution in [0.25, 0.3) is 76.8 Å². The summed E-state index contributed by atoms with van der Waals surface area (Å²) in [6, 6.07) is 76.4. The molecule has 0 saturated heterocycles. The van der Waals surface area contributed by atoms with Gasteiger partial charge in [-0.3, -0.25) is 0 Å². The topological polar surface area (TPSA) is 12.5 Å². The smallest absolute Gasteiger partial charge is 0.143 e. The van der Waals surface area contributed by atoms with Crippen LogP contribution in [0.15, 0.2) is 212 Å². The van der Waals surface area contributed by atoms with Crippen LogP contribution in [-0.2, 0) is 0 Å². The van der Waals surface area contributed by atoms with Crippen molar-refractivity contribution in [2.45, 2.75) is 0 Å². The second kappa shape index (κ2) is 13.2. The van der Waals surface area contributed by atoms with Crippen LogP contribution in [0.2, 0.25) is 0 Å². The van der Waals surface area contributed by atoms with Crippen LogP contribution in [0, 0.1) is 0 Å². The zero-order chi connectivity index (χ0) is 37.0. The van der Waals surface area contributed by atoms with Gasteiger partial charge in [0.25, 0.3) is 0 Å². The number of ether oxygens (including phenoxy) is 1. The molecule has 0 bridgehead atoms. The lowest BCUT2D eigenvalue weighted by molar-refractivity contribution is 0.493. The van der Waals surface area contributed by atoms with Gasteiger partial charge in [-0.2, -0.15) is 0 Å². The molecule has 0 amide bonds. The molecule has 0 fully saturated rings. The van der Waals surface area contributed by atoms with Crippen molar-refractivity contribution in [3.05, 3.63) is 212 Å². The summed E-state index contributed by atoms with van der Waals surface area (Å²) in [5.74, 6) is 1.71. The lowest BCUT2D eigenvalue weighted by Crippen LogP contribution is -2.11. The molecule has 262 valence electrons. The van der Waals surface area contributed by atoms with Crippen LogP contribution in [0.4, 0.5) is 17.1 Å². The molecule has 0 spiro atoms. The van der Waals surface area contributed by atoms with Gasteiger partial charge in [-0.05, 0) is 91.8 Å². The first-order chi connectivity index (χ1) is 27.8. The molecule has 0 unspecified atom stereocenters. The molecule has 0 aromatic heterocycles. The number of hydrogen-bond acceptors (Lipinski definition) is 2. The molecule has 2 nitrogen and oxygen atoms in total. The molecular weight excluding hydrogens is 679 g/mol. The number of hydrogen-bond donors (Lipinski definition) is 0. The minimum atomic E-state index is 0.832. The fourth-order valence-electron chi connectivity index (χ4n) is 8.62. The number of rotatable bonds is 5. The van der Waals surface area contributed by atoms with Gasteiger partial charge in [0.2, 0.25) is 0 Å². The highest BCUT2D eigenvalue weighted by molar-refractivity contribution is 6.15. The largest absolute Gasteiger partial charge is 0.455 e. The highest BCUT2D eigenvalue weighted by Crippen LogP contribution is 2.54. The Labute approximate surface area is 326 Å². The van der Waals surface area contributed by atoms with Gasteiger partial charge < -0.3 is 9.64 Å². The molecule has 1 aliphatic rings. The van der Waals surface area contributed by atoms with Gasteiger partial charge in [0.15, 0.2) is 0 Å². The maximum Gasteiger partial charge on any atom is 0.143 e. The first kappa shape index (κ1) is 32.0. The summed E-state index contributed by atoms with van der Waals surface area (Å²) in [5, 5.41) is 7.11. The summed E-state index contributed by atoms with van der Waals surface area (Å²) < 4.78 is 7.11. The summed E-state index contributed by atoms with van der Waals surface area (Å²) in [6.45, 7) is 0.